The minimum absolute atomic E-state index is 0.203. The third kappa shape index (κ3) is 7.20. The van der Waals surface area contributed by atoms with Gasteiger partial charge in [0.05, 0.1) is 12.7 Å². The highest BCUT2D eigenvalue weighted by Crippen LogP contribution is 2.19. The van der Waals surface area contributed by atoms with Crippen molar-refractivity contribution < 1.29 is 34.5 Å². The Morgan fingerprint density at radius 1 is 1.17 bits per heavy atom. The maximum Gasteiger partial charge on any atom is 0.326 e. The minimum Gasteiger partial charge on any atom is -0.480 e. The van der Waals surface area contributed by atoms with Crippen LogP contribution in [0.4, 0.5) is 0 Å². The molecule has 1 heterocycles. The predicted octanol–water partition coefficient (Wildman–Crippen LogP) is -3.14. The van der Waals surface area contributed by atoms with E-state index in [-0.39, 0.29) is 13.0 Å². The smallest absolute Gasteiger partial charge is 0.326 e. The number of rotatable bonds is 12. The molecule has 1 fully saturated rings. The maximum absolute atomic E-state index is 12.8. The number of aliphatic carboxylic acids is 1. The Bertz CT molecular complexity index is 616. The van der Waals surface area contributed by atoms with E-state index in [4.69, 9.17) is 16.6 Å². The van der Waals surface area contributed by atoms with Crippen LogP contribution in [0.5, 0.6) is 0 Å². The van der Waals surface area contributed by atoms with E-state index in [0.29, 0.717) is 32.2 Å². The molecule has 12 nitrogen and oxygen atoms in total. The fourth-order valence-corrected chi connectivity index (χ4v) is 3.23. The number of carbonyl (C=O) groups excluding carboxylic acids is 3. The normalized spacial score (nSPS) is 20.2. The molecule has 3 amide bonds. The van der Waals surface area contributed by atoms with Crippen molar-refractivity contribution in [1.29, 1.82) is 0 Å². The van der Waals surface area contributed by atoms with Gasteiger partial charge in [0.25, 0.3) is 0 Å². The van der Waals surface area contributed by atoms with Crippen LogP contribution >= 0.6 is 0 Å². The highest BCUT2D eigenvalue weighted by Gasteiger charge is 2.40. The number of nitrogens with one attached hydrogen (secondary N) is 2. The molecule has 1 aliphatic heterocycles. The first-order chi connectivity index (χ1) is 14.1. The molecule has 0 bridgehead atoms. The van der Waals surface area contributed by atoms with Crippen LogP contribution in [0.3, 0.4) is 0 Å². The summed E-state index contributed by atoms with van der Waals surface area (Å²) in [5, 5.41) is 33.2. The number of amides is 3. The number of carboxylic acids is 1. The number of carbonyl (C=O) groups is 4. The zero-order valence-corrected chi connectivity index (χ0v) is 17.1. The average Bonchev–Trinajstić information content (AvgIpc) is 3.19. The van der Waals surface area contributed by atoms with Crippen molar-refractivity contribution in [3.8, 4) is 0 Å². The van der Waals surface area contributed by atoms with E-state index in [1.165, 1.54) is 6.92 Å². The number of unbranched alkanes of at least 4 members (excludes halogenated alkanes) is 1. The highest BCUT2D eigenvalue weighted by atomic mass is 16.4. The molecule has 9 N–H and O–H groups in total. The predicted molar refractivity (Wildman–Crippen MR) is 106 cm³/mol. The van der Waals surface area contributed by atoms with Crippen LogP contribution in [0.2, 0.25) is 0 Å². The maximum atomic E-state index is 12.8. The number of likely N-dealkylation sites (tertiary alicyclic amines) is 1. The molecule has 5 unspecified atom stereocenters. The zero-order valence-electron chi connectivity index (χ0n) is 17.1. The second-order valence-corrected chi connectivity index (χ2v) is 7.39. The molecule has 0 radical (unpaired) electrons. The summed E-state index contributed by atoms with van der Waals surface area (Å²) < 4.78 is 0. The molecule has 172 valence electrons. The molecular weight excluding hydrogens is 398 g/mol. The fraction of sp³-hybridized carbons (Fsp3) is 0.778. The second-order valence-electron chi connectivity index (χ2n) is 7.39. The topological polar surface area (TPSA) is 208 Å². The molecule has 0 aromatic carbocycles. The molecule has 1 aliphatic rings. The van der Waals surface area contributed by atoms with Gasteiger partial charge in [-0.3, -0.25) is 14.4 Å². The lowest BCUT2D eigenvalue weighted by molar-refractivity contribution is -0.150. The lowest BCUT2D eigenvalue weighted by Crippen LogP contribution is -2.60. The number of aliphatic hydroxyl groups is 2. The largest absolute Gasteiger partial charge is 0.480 e. The summed E-state index contributed by atoms with van der Waals surface area (Å²) in [4.78, 5) is 50.1. The SMILES string of the molecule is CC(O)C(NC(=O)C(CCCCN)NC(=O)C(N)CO)C(=O)N1CCCC1C(=O)O. The van der Waals surface area contributed by atoms with E-state index in [1.54, 1.807) is 0 Å². The van der Waals surface area contributed by atoms with Crippen LogP contribution in [0.15, 0.2) is 0 Å². The summed E-state index contributed by atoms with van der Waals surface area (Å²) in [6.45, 7) is 1.29. The standard InChI is InChI=1S/C18H33N5O7/c1-10(25)14(17(28)23-8-4-6-13(23)18(29)30)22-16(27)12(5-2-3-7-19)21-15(26)11(20)9-24/h10-14,24-25H,2-9,19-20H2,1H3,(H,21,26)(H,22,27)(H,29,30). The molecule has 0 aromatic heterocycles. The first kappa shape index (κ1) is 25.8. The van der Waals surface area contributed by atoms with Gasteiger partial charge in [-0.05, 0) is 45.6 Å². The number of carboxylic acid groups (broad SMARTS) is 1. The van der Waals surface area contributed by atoms with Crippen molar-refractivity contribution in [1.82, 2.24) is 15.5 Å². The Morgan fingerprint density at radius 2 is 1.83 bits per heavy atom. The van der Waals surface area contributed by atoms with Crippen LogP contribution in [-0.4, -0.2) is 93.9 Å². The quantitative estimate of drug-likeness (QED) is 0.155. The van der Waals surface area contributed by atoms with Crippen molar-refractivity contribution in [2.75, 3.05) is 19.7 Å². The monoisotopic (exact) mass is 431 g/mol. The van der Waals surface area contributed by atoms with E-state index < -0.39 is 60.6 Å². The summed E-state index contributed by atoms with van der Waals surface area (Å²) in [5.41, 5.74) is 10.9. The first-order valence-corrected chi connectivity index (χ1v) is 10.0. The van der Waals surface area contributed by atoms with Gasteiger partial charge in [-0.25, -0.2) is 4.79 Å². The summed E-state index contributed by atoms with van der Waals surface area (Å²) in [5.74, 6) is -3.32. The Balaban J connectivity index is 2.93. The molecule has 1 rings (SSSR count). The summed E-state index contributed by atoms with van der Waals surface area (Å²) >= 11 is 0. The molecular formula is C18H33N5O7. The number of nitrogens with two attached hydrogens (primary N) is 2. The Kier molecular flexibility index (Phi) is 10.7. The molecule has 0 aliphatic carbocycles. The van der Waals surface area contributed by atoms with E-state index in [0.717, 1.165) is 4.90 Å². The molecule has 0 saturated carbocycles. The van der Waals surface area contributed by atoms with Gasteiger partial charge in [0, 0.05) is 6.54 Å². The third-order valence-electron chi connectivity index (χ3n) is 4.98. The van der Waals surface area contributed by atoms with E-state index in [9.17, 15) is 29.4 Å². The summed E-state index contributed by atoms with van der Waals surface area (Å²) in [7, 11) is 0. The van der Waals surface area contributed by atoms with Gasteiger partial charge in [0.2, 0.25) is 17.7 Å². The molecule has 5 atom stereocenters. The van der Waals surface area contributed by atoms with Crippen molar-refractivity contribution in [2.45, 2.75) is 69.3 Å². The minimum atomic E-state index is -1.38. The van der Waals surface area contributed by atoms with Gasteiger partial charge in [-0.15, -0.1) is 0 Å². The summed E-state index contributed by atoms with van der Waals surface area (Å²) in [6.07, 6.45) is 0.798. The second kappa shape index (κ2) is 12.4. The van der Waals surface area contributed by atoms with Crippen LogP contribution < -0.4 is 22.1 Å². The van der Waals surface area contributed by atoms with Crippen molar-refractivity contribution in [3.05, 3.63) is 0 Å². The fourth-order valence-electron chi connectivity index (χ4n) is 3.23. The summed E-state index contributed by atoms with van der Waals surface area (Å²) in [6, 6.07) is -4.68. The number of nitrogens with zero attached hydrogens (tertiary/aromatic N) is 1. The van der Waals surface area contributed by atoms with Gasteiger partial charge in [0.15, 0.2) is 0 Å². The van der Waals surface area contributed by atoms with Gasteiger partial charge in [-0.1, -0.05) is 0 Å². The lowest BCUT2D eigenvalue weighted by Gasteiger charge is -2.30. The van der Waals surface area contributed by atoms with Crippen LogP contribution in [0.25, 0.3) is 0 Å². The van der Waals surface area contributed by atoms with Gasteiger partial charge in [-0.2, -0.15) is 0 Å². The van der Waals surface area contributed by atoms with Gasteiger partial charge in [0.1, 0.15) is 24.2 Å². The number of hydrogen-bond donors (Lipinski definition) is 7. The number of hydrogen-bond acceptors (Lipinski definition) is 8. The van der Waals surface area contributed by atoms with Crippen LogP contribution in [0.1, 0.15) is 39.0 Å². The Labute approximate surface area is 175 Å². The van der Waals surface area contributed by atoms with E-state index in [2.05, 4.69) is 10.6 Å². The Morgan fingerprint density at radius 3 is 2.37 bits per heavy atom. The average molecular weight is 431 g/mol. The third-order valence-corrected chi connectivity index (χ3v) is 4.98. The molecule has 0 spiro atoms. The van der Waals surface area contributed by atoms with E-state index in [1.807, 2.05) is 0 Å². The van der Waals surface area contributed by atoms with E-state index >= 15 is 0 Å². The zero-order chi connectivity index (χ0) is 22.8. The van der Waals surface area contributed by atoms with Crippen molar-refractivity contribution in [2.24, 2.45) is 11.5 Å². The van der Waals surface area contributed by atoms with Gasteiger partial charge >= 0.3 is 5.97 Å². The van der Waals surface area contributed by atoms with Crippen molar-refractivity contribution in [3.63, 3.8) is 0 Å². The van der Waals surface area contributed by atoms with Crippen molar-refractivity contribution >= 4 is 23.7 Å². The highest BCUT2D eigenvalue weighted by molar-refractivity contribution is 5.94. The molecule has 1 saturated heterocycles. The Hall–Kier alpha value is -2.28. The van der Waals surface area contributed by atoms with Gasteiger partial charge < -0.3 is 42.3 Å². The lowest BCUT2D eigenvalue weighted by atomic mass is 10.1. The first-order valence-electron chi connectivity index (χ1n) is 10.0. The molecule has 0 aromatic rings. The number of aliphatic hydroxyl groups excluding tert-OH is 2. The molecule has 12 heteroatoms. The van der Waals surface area contributed by atoms with Crippen LogP contribution in [-0.2, 0) is 19.2 Å². The van der Waals surface area contributed by atoms with Crippen LogP contribution in [0, 0.1) is 0 Å². The molecule has 30 heavy (non-hydrogen) atoms.